The van der Waals surface area contributed by atoms with Crippen molar-refractivity contribution in [3.63, 3.8) is 0 Å². The second kappa shape index (κ2) is 14.5. The Morgan fingerprint density at radius 3 is 1.56 bits per heavy atom. The Bertz CT molecular complexity index is 4190. The van der Waals surface area contributed by atoms with E-state index in [0.717, 1.165) is 17.0 Å². The lowest BCUT2D eigenvalue weighted by Gasteiger charge is -2.15. The predicted octanol–water partition coefficient (Wildman–Crippen LogP) is 17.2. The molecule has 0 N–H and O–H groups in total. The van der Waals surface area contributed by atoms with Gasteiger partial charge in [0.15, 0.2) is 0 Å². The molecule has 0 radical (unpaired) electrons. The molecule has 0 bridgehead atoms. The summed E-state index contributed by atoms with van der Waals surface area (Å²) >= 11 is 1.90. The van der Waals surface area contributed by atoms with Gasteiger partial charge in [-0.05, 0) is 101 Å². The van der Waals surface area contributed by atoms with Crippen LogP contribution < -0.4 is 0 Å². The molecule has 0 saturated heterocycles. The summed E-state index contributed by atoms with van der Waals surface area (Å²) in [6.07, 6.45) is 0. The first-order valence-electron chi connectivity index (χ1n) is 22.6. The molecule has 4 heteroatoms. The number of para-hydroxylation sites is 5. The van der Waals surface area contributed by atoms with Gasteiger partial charge in [-0.25, -0.2) is 0 Å². The lowest BCUT2D eigenvalue weighted by atomic mass is 9.95. The third kappa shape index (κ3) is 5.43. The monoisotopic (exact) mass is 857 g/mol. The van der Waals surface area contributed by atoms with Crippen molar-refractivity contribution in [3.05, 3.63) is 237 Å². The zero-order valence-electron chi connectivity index (χ0n) is 35.8. The summed E-state index contributed by atoms with van der Waals surface area (Å²) in [5.74, 6) is 0. The van der Waals surface area contributed by atoms with Crippen LogP contribution in [-0.2, 0) is 0 Å². The zero-order valence-corrected chi connectivity index (χ0v) is 36.6. The predicted molar refractivity (Wildman–Crippen MR) is 281 cm³/mol. The number of fused-ring (bicyclic) bond motifs is 11. The van der Waals surface area contributed by atoms with E-state index in [-0.39, 0.29) is 0 Å². The van der Waals surface area contributed by atoms with Crippen LogP contribution >= 0.6 is 11.3 Å². The molecule has 14 aromatic rings. The number of benzene rings is 10. The summed E-state index contributed by atoms with van der Waals surface area (Å²) in [6.45, 7) is 0. The molecule has 66 heavy (non-hydrogen) atoms. The maximum atomic E-state index is 2.52. The van der Waals surface area contributed by atoms with Crippen LogP contribution in [0.5, 0.6) is 0 Å². The average Bonchev–Trinajstić information content (AvgIpc) is 4.13. The van der Waals surface area contributed by atoms with Crippen molar-refractivity contribution in [3.8, 4) is 50.4 Å². The van der Waals surface area contributed by atoms with E-state index in [1.165, 1.54) is 108 Å². The van der Waals surface area contributed by atoms with Crippen molar-refractivity contribution in [2.75, 3.05) is 0 Å². The fraction of sp³-hybridized carbons (Fsp3) is 0. The maximum absolute atomic E-state index is 2.52. The highest BCUT2D eigenvalue weighted by Gasteiger charge is 2.26. The van der Waals surface area contributed by atoms with Crippen molar-refractivity contribution in [2.24, 2.45) is 0 Å². The Morgan fingerprint density at radius 1 is 0.288 bits per heavy atom. The normalized spacial score (nSPS) is 11.9. The van der Waals surface area contributed by atoms with E-state index in [1.807, 2.05) is 11.3 Å². The summed E-state index contributed by atoms with van der Waals surface area (Å²) < 4.78 is 9.97. The van der Waals surface area contributed by atoms with Crippen molar-refractivity contribution in [1.29, 1.82) is 0 Å². The first-order valence-corrected chi connectivity index (χ1v) is 23.4. The third-order valence-corrected chi connectivity index (χ3v) is 14.8. The molecule has 4 aromatic heterocycles. The van der Waals surface area contributed by atoms with Gasteiger partial charge in [-0.2, -0.15) is 0 Å². The van der Waals surface area contributed by atoms with Gasteiger partial charge in [0.05, 0.1) is 22.1 Å². The molecule has 0 amide bonds. The molecule has 10 aromatic carbocycles. The molecule has 14 rings (SSSR count). The number of rotatable bonds is 6. The third-order valence-electron chi connectivity index (χ3n) is 13.6. The lowest BCUT2D eigenvalue weighted by Crippen LogP contribution is -2.02. The lowest BCUT2D eigenvalue weighted by molar-refractivity contribution is 1.07. The number of hydrogen-bond donors (Lipinski definition) is 0. The Hall–Kier alpha value is -8.44. The van der Waals surface area contributed by atoms with Crippen LogP contribution in [0.3, 0.4) is 0 Å². The van der Waals surface area contributed by atoms with Crippen LogP contribution in [0.15, 0.2) is 237 Å². The average molecular weight is 858 g/mol. The van der Waals surface area contributed by atoms with Gasteiger partial charge >= 0.3 is 0 Å². The van der Waals surface area contributed by atoms with Crippen LogP contribution in [0.1, 0.15) is 0 Å². The van der Waals surface area contributed by atoms with Crippen LogP contribution in [0.25, 0.3) is 125 Å². The number of nitrogens with zero attached hydrogens (tertiary/aromatic N) is 3. The van der Waals surface area contributed by atoms with Gasteiger partial charge in [-0.15, -0.1) is 11.3 Å². The first-order chi connectivity index (χ1) is 32.8. The minimum absolute atomic E-state index is 1.13. The Morgan fingerprint density at radius 2 is 0.818 bits per heavy atom. The van der Waals surface area contributed by atoms with Crippen LogP contribution in [0.2, 0.25) is 0 Å². The zero-order chi connectivity index (χ0) is 43.3. The standard InChI is InChI=1S/C62H39N3S/c1-5-18-40(19-6-1)41-34-36-56-53(38-41)59-50-30-16-29-49(60(50)65(45-24-11-4-12-25-45)62(59)64(56)44-22-9-3-10-23-44)48-28-17-33-57-58(48)51-31-15-27-46(61(51)66-57)42-35-37-55-52(39-42)47-26-13-14-32-54(47)63(55)43-20-7-2-8-21-43/h1-39H. The molecule has 4 heterocycles. The van der Waals surface area contributed by atoms with Crippen LogP contribution in [-0.4, -0.2) is 13.7 Å². The molecule has 0 aliphatic heterocycles. The minimum Gasteiger partial charge on any atom is -0.309 e. The molecule has 0 unspecified atom stereocenters. The molecule has 3 nitrogen and oxygen atoms in total. The topological polar surface area (TPSA) is 14.8 Å². The molecular weight excluding hydrogens is 819 g/mol. The van der Waals surface area contributed by atoms with Crippen LogP contribution in [0.4, 0.5) is 0 Å². The van der Waals surface area contributed by atoms with Crippen molar-refractivity contribution in [1.82, 2.24) is 13.7 Å². The van der Waals surface area contributed by atoms with Gasteiger partial charge in [-0.1, -0.05) is 164 Å². The quantitative estimate of drug-likeness (QED) is 0.158. The molecule has 0 aliphatic carbocycles. The second-order valence-corrected chi connectivity index (χ2v) is 18.3. The van der Waals surface area contributed by atoms with Crippen molar-refractivity contribution in [2.45, 2.75) is 0 Å². The van der Waals surface area contributed by atoms with Gasteiger partial charge in [0.2, 0.25) is 0 Å². The fourth-order valence-electron chi connectivity index (χ4n) is 10.8. The van der Waals surface area contributed by atoms with E-state index in [0.29, 0.717) is 0 Å². The summed E-state index contributed by atoms with van der Waals surface area (Å²) in [4.78, 5) is 0. The highest BCUT2D eigenvalue weighted by atomic mass is 32.1. The highest BCUT2D eigenvalue weighted by Crippen LogP contribution is 2.49. The van der Waals surface area contributed by atoms with E-state index in [1.54, 1.807) is 0 Å². The first kappa shape index (κ1) is 37.0. The maximum Gasteiger partial charge on any atom is 0.131 e. The number of hydrogen-bond acceptors (Lipinski definition) is 1. The van der Waals surface area contributed by atoms with Gasteiger partial charge in [-0.3, -0.25) is 9.13 Å². The molecule has 0 aliphatic rings. The molecule has 0 saturated carbocycles. The smallest absolute Gasteiger partial charge is 0.131 e. The largest absolute Gasteiger partial charge is 0.309 e. The van der Waals surface area contributed by atoms with Crippen molar-refractivity contribution >= 4 is 86.2 Å². The minimum atomic E-state index is 1.13. The Balaban J connectivity index is 1.04. The highest BCUT2D eigenvalue weighted by molar-refractivity contribution is 7.26. The SMILES string of the molecule is c1ccc(-c2ccc3c(c2)c2c4cccc(-c5cccc6sc7c(-c8ccc9c(c8)c8ccccc8n9-c8ccccc8)cccc7c56)c4n(-c4ccccc4)c2n3-c2ccccc2)cc1. The Kier molecular flexibility index (Phi) is 8.15. The number of thiophene rings is 1. The molecule has 0 spiro atoms. The summed E-state index contributed by atoms with van der Waals surface area (Å²) in [7, 11) is 0. The van der Waals surface area contributed by atoms with Gasteiger partial charge in [0.1, 0.15) is 5.65 Å². The van der Waals surface area contributed by atoms with E-state index in [2.05, 4.69) is 250 Å². The molecular formula is C62H39N3S. The second-order valence-electron chi connectivity index (χ2n) is 17.2. The van der Waals surface area contributed by atoms with E-state index >= 15 is 0 Å². The fourth-order valence-corrected chi connectivity index (χ4v) is 12.1. The van der Waals surface area contributed by atoms with Gasteiger partial charge in [0, 0.05) is 69.7 Å². The number of aromatic nitrogens is 3. The molecule has 0 fully saturated rings. The van der Waals surface area contributed by atoms with E-state index < -0.39 is 0 Å². The van der Waals surface area contributed by atoms with Gasteiger partial charge in [0.25, 0.3) is 0 Å². The van der Waals surface area contributed by atoms with E-state index in [9.17, 15) is 0 Å². The van der Waals surface area contributed by atoms with Crippen molar-refractivity contribution < 1.29 is 0 Å². The molecule has 0 atom stereocenters. The van der Waals surface area contributed by atoms with Gasteiger partial charge < -0.3 is 4.57 Å². The van der Waals surface area contributed by atoms with E-state index in [4.69, 9.17) is 0 Å². The summed E-state index contributed by atoms with van der Waals surface area (Å²) in [6, 6.07) is 86.7. The summed E-state index contributed by atoms with van der Waals surface area (Å²) in [5, 5.41) is 8.81. The Labute approximate surface area is 384 Å². The molecule has 308 valence electrons. The summed E-state index contributed by atoms with van der Waals surface area (Å²) in [5.41, 5.74) is 16.7. The van der Waals surface area contributed by atoms with Crippen LogP contribution in [0, 0.1) is 0 Å².